The minimum absolute atomic E-state index is 0.165. The third kappa shape index (κ3) is 4.85. The van der Waals surface area contributed by atoms with Gasteiger partial charge in [-0.2, -0.15) is 0 Å². The second-order valence-corrected chi connectivity index (χ2v) is 4.70. The molecule has 16 heavy (non-hydrogen) atoms. The fraction of sp³-hybridized carbons (Fsp3) is 0.800. The highest BCUT2D eigenvalue weighted by atomic mass is 32.2. The molecule has 1 aliphatic heterocycles. The van der Waals surface area contributed by atoms with E-state index in [1.54, 1.807) is 0 Å². The molecule has 1 saturated heterocycles. The summed E-state index contributed by atoms with van der Waals surface area (Å²) in [7, 11) is 1.49. The van der Waals surface area contributed by atoms with E-state index in [9.17, 15) is 4.79 Å². The van der Waals surface area contributed by atoms with Crippen molar-refractivity contribution in [2.45, 2.75) is 38.0 Å². The van der Waals surface area contributed by atoms with E-state index < -0.39 is 6.09 Å². The summed E-state index contributed by atoms with van der Waals surface area (Å²) in [5.74, 6) is 0. The number of nitrogens with one attached hydrogen (secondary N) is 1. The van der Waals surface area contributed by atoms with Gasteiger partial charge in [-0.1, -0.05) is 36.7 Å². The second kappa shape index (κ2) is 7.51. The van der Waals surface area contributed by atoms with Crippen molar-refractivity contribution in [3.8, 4) is 0 Å². The molecule has 1 unspecified atom stereocenters. The van der Waals surface area contributed by atoms with Gasteiger partial charge in [0, 0.05) is 7.05 Å². The number of carbonyl (C=O) groups is 1. The lowest BCUT2D eigenvalue weighted by Crippen LogP contribution is -2.17. The summed E-state index contributed by atoms with van der Waals surface area (Å²) in [5, 5.41) is 6.77. The molecule has 0 radical (unpaired) electrons. The molecule has 1 aliphatic rings. The molecule has 0 aliphatic carbocycles. The summed E-state index contributed by atoms with van der Waals surface area (Å²) in [5.41, 5.74) is 0.165. The minimum atomic E-state index is -0.553. The zero-order valence-corrected chi connectivity index (χ0v) is 10.5. The summed E-state index contributed by atoms with van der Waals surface area (Å²) in [6, 6.07) is 0. The molecular weight excluding hydrogens is 228 g/mol. The van der Waals surface area contributed by atoms with E-state index >= 15 is 0 Å². The van der Waals surface area contributed by atoms with Gasteiger partial charge in [0.25, 0.3) is 0 Å². The summed E-state index contributed by atoms with van der Waals surface area (Å²) in [6.45, 7) is 2.62. The molecular formula is C10H18N2O3S. The topological polar surface area (TPSA) is 59.9 Å². The quantitative estimate of drug-likeness (QED) is 0.459. The van der Waals surface area contributed by atoms with Gasteiger partial charge in [-0.25, -0.2) is 4.79 Å². The molecule has 6 heteroatoms. The van der Waals surface area contributed by atoms with E-state index in [2.05, 4.69) is 22.2 Å². The maximum absolute atomic E-state index is 10.8. The van der Waals surface area contributed by atoms with Gasteiger partial charge in [0.1, 0.15) is 10.5 Å². The van der Waals surface area contributed by atoms with Gasteiger partial charge in [0.2, 0.25) is 0 Å². The highest BCUT2D eigenvalue weighted by Crippen LogP contribution is 2.27. The molecule has 1 rings (SSSR count). The van der Waals surface area contributed by atoms with Crippen molar-refractivity contribution in [3.05, 3.63) is 0 Å². The van der Waals surface area contributed by atoms with Gasteiger partial charge < -0.3 is 10.1 Å². The van der Waals surface area contributed by atoms with Crippen molar-refractivity contribution in [2.24, 2.45) is 5.16 Å². The molecule has 5 nitrogen and oxygen atoms in total. The average molecular weight is 246 g/mol. The van der Waals surface area contributed by atoms with Crippen molar-refractivity contribution in [1.29, 1.82) is 0 Å². The maximum Gasteiger partial charge on any atom is 0.433 e. The van der Waals surface area contributed by atoms with Crippen LogP contribution in [0.15, 0.2) is 5.16 Å². The average Bonchev–Trinajstić information content (AvgIpc) is 2.74. The highest BCUT2D eigenvalue weighted by molar-refractivity contribution is 8.14. The Bertz CT molecular complexity index is 258. The van der Waals surface area contributed by atoms with Crippen LogP contribution in [-0.4, -0.2) is 30.2 Å². The van der Waals surface area contributed by atoms with Gasteiger partial charge in [-0.3, -0.25) is 4.84 Å². The Kier molecular flexibility index (Phi) is 6.25. The Morgan fingerprint density at radius 1 is 1.69 bits per heavy atom. The number of oxime groups is 1. The Hall–Kier alpha value is -0.750. The summed E-state index contributed by atoms with van der Waals surface area (Å²) in [4.78, 5) is 15.4. The lowest BCUT2D eigenvalue weighted by Gasteiger charge is -2.05. The lowest BCUT2D eigenvalue weighted by molar-refractivity contribution is 0.141. The standard InChI is InChI=1S/C10H18N2O3S/c1-3-4-5-6-9-14-7-8(16-9)12-15-10(13)11-2/h9H,3-7H2,1-2H3,(H,11,13). The number of hydrogen-bond donors (Lipinski definition) is 1. The van der Waals surface area contributed by atoms with Crippen LogP contribution in [0.25, 0.3) is 0 Å². The monoisotopic (exact) mass is 246 g/mol. The molecule has 1 atom stereocenters. The summed E-state index contributed by atoms with van der Waals surface area (Å²) >= 11 is 1.54. The number of amides is 1. The molecule has 1 N–H and O–H groups in total. The molecule has 0 aromatic heterocycles. The van der Waals surface area contributed by atoms with Crippen LogP contribution in [0.4, 0.5) is 4.79 Å². The van der Waals surface area contributed by atoms with Gasteiger partial charge >= 0.3 is 6.09 Å². The Morgan fingerprint density at radius 2 is 2.50 bits per heavy atom. The third-order valence-corrected chi connectivity index (χ3v) is 3.24. The van der Waals surface area contributed by atoms with Gasteiger partial charge in [-0.15, -0.1) is 0 Å². The normalized spacial score (nSPS) is 22.4. The number of hydrogen-bond acceptors (Lipinski definition) is 5. The SMILES string of the molecule is CCCCCC1OCC(=NOC(=O)NC)S1. The predicted octanol–water partition coefficient (Wildman–Crippen LogP) is 2.33. The molecule has 0 spiro atoms. The van der Waals surface area contributed by atoms with Crippen LogP contribution in [0.3, 0.4) is 0 Å². The predicted molar refractivity (Wildman–Crippen MR) is 64.4 cm³/mol. The smallest absolute Gasteiger partial charge is 0.360 e. The molecule has 0 aromatic rings. The number of nitrogens with zero attached hydrogens (tertiary/aromatic N) is 1. The zero-order valence-electron chi connectivity index (χ0n) is 9.69. The van der Waals surface area contributed by atoms with E-state index in [1.807, 2.05) is 0 Å². The number of carbonyl (C=O) groups excluding carboxylic acids is 1. The van der Waals surface area contributed by atoms with Crippen LogP contribution in [0, 0.1) is 0 Å². The van der Waals surface area contributed by atoms with Gasteiger partial charge in [-0.05, 0) is 12.8 Å². The first-order chi connectivity index (χ1) is 7.76. The first-order valence-corrected chi connectivity index (χ1v) is 6.38. The van der Waals surface area contributed by atoms with Crippen molar-refractivity contribution in [2.75, 3.05) is 13.7 Å². The largest absolute Gasteiger partial charge is 0.433 e. The van der Waals surface area contributed by atoms with Crippen molar-refractivity contribution in [3.63, 3.8) is 0 Å². The van der Waals surface area contributed by atoms with Crippen LogP contribution in [-0.2, 0) is 9.57 Å². The number of rotatable bonds is 5. The van der Waals surface area contributed by atoms with Crippen LogP contribution in [0.1, 0.15) is 32.6 Å². The number of unbranched alkanes of at least 4 members (excludes halogenated alkanes) is 2. The van der Waals surface area contributed by atoms with E-state index in [1.165, 1.54) is 31.7 Å². The van der Waals surface area contributed by atoms with Crippen LogP contribution >= 0.6 is 11.8 Å². The molecule has 0 saturated carbocycles. The maximum atomic E-state index is 10.8. The van der Waals surface area contributed by atoms with Gasteiger partial charge in [0.05, 0.1) is 6.61 Å². The Balaban J connectivity index is 2.21. The van der Waals surface area contributed by atoms with Crippen molar-refractivity contribution < 1.29 is 14.4 Å². The molecule has 1 amide bonds. The second-order valence-electron chi connectivity index (χ2n) is 3.47. The summed E-state index contributed by atoms with van der Waals surface area (Å²) in [6.07, 6.45) is 4.07. The first kappa shape index (κ1) is 13.3. The third-order valence-electron chi connectivity index (χ3n) is 2.14. The summed E-state index contributed by atoms with van der Waals surface area (Å²) < 4.78 is 5.50. The van der Waals surface area contributed by atoms with Crippen LogP contribution in [0.2, 0.25) is 0 Å². The molecule has 1 heterocycles. The first-order valence-electron chi connectivity index (χ1n) is 5.50. The van der Waals surface area contributed by atoms with E-state index in [0.29, 0.717) is 6.61 Å². The Morgan fingerprint density at radius 3 is 3.19 bits per heavy atom. The highest BCUT2D eigenvalue weighted by Gasteiger charge is 2.22. The van der Waals surface area contributed by atoms with Crippen molar-refractivity contribution in [1.82, 2.24) is 5.32 Å². The lowest BCUT2D eigenvalue weighted by atomic mass is 10.2. The molecule has 0 bridgehead atoms. The molecule has 92 valence electrons. The molecule has 0 aromatic carbocycles. The minimum Gasteiger partial charge on any atom is -0.360 e. The van der Waals surface area contributed by atoms with Crippen LogP contribution in [0.5, 0.6) is 0 Å². The Labute approximate surface area is 99.9 Å². The number of ether oxygens (including phenoxy) is 1. The molecule has 1 fully saturated rings. The van der Waals surface area contributed by atoms with E-state index in [-0.39, 0.29) is 5.44 Å². The van der Waals surface area contributed by atoms with E-state index in [0.717, 1.165) is 17.9 Å². The van der Waals surface area contributed by atoms with Crippen LogP contribution < -0.4 is 5.32 Å². The zero-order chi connectivity index (χ0) is 11.8. The number of thioether (sulfide) groups is 1. The van der Waals surface area contributed by atoms with Crippen molar-refractivity contribution >= 4 is 22.9 Å². The fourth-order valence-corrected chi connectivity index (χ4v) is 2.21. The van der Waals surface area contributed by atoms with Gasteiger partial charge in [0.15, 0.2) is 0 Å². The fourth-order valence-electron chi connectivity index (χ4n) is 1.27. The van der Waals surface area contributed by atoms with E-state index in [4.69, 9.17) is 4.74 Å².